The van der Waals surface area contributed by atoms with E-state index in [9.17, 15) is 19.2 Å². The van der Waals surface area contributed by atoms with Gasteiger partial charge in [-0.25, -0.2) is 9.80 Å². The van der Waals surface area contributed by atoms with Crippen LogP contribution in [0.4, 0.5) is 11.4 Å². The molecule has 0 spiro atoms. The van der Waals surface area contributed by atoms with Crippen molar-refractivity contribution in [2.24, 2.45) is 0 Å². The van der Waals surface area contributed by atoms with E-state index in [1.54, 1.807) is 24.3 Å². The summed E-state index contributed by atoms with van der Waals surface area (Å²) in [5.74, 6) is 3.39. The second-order valence-corrected chi connectivity index (χ2v) is 11.2. The molecule has 10 heteroatoms. The number of carbonyl (C=O) groups excluding carboxylic acids is 4. The third kappa shape index (κ3) is 3.98. The molecule has 1 aromatic rings. The van der Waals surface area contributed by atoms with Crippen molar-refractivity contribution < 1.29 is 29.0 Å². The number of imide groups is 2. The van der Waals surface area contributed by atoms with E-state index in [1.807, 2.05) is 23.5 Å². The lowest BCUT2D eigenvalue weighted by molar-refractivity contribution is -0.911. The Labute approximate surface area is 195 Å². The highest BCUT2D eigenvalue weighted by Crippen LogP contribution is 2.28. The Morgan fingerprint density at radius 3 is 1.31 bits per heavy atom. The topological polar surface area (TPSA) is 83.6 Å². The molecule has 4 aliphatic rings. The highest BCUT2D eigenvalue weighted by molar-refractivity contribution is 7.99. The third-order valence-electron chi connectivity index (χ3n) is 6.92. The number of nitrogens with zero attached hydrogens (tertiary/aromatic N) is 2. The zero-order valence-corrected chi connectivity index (χ0v) is 19.5. The molecule has 0 aliphatic carbocycles. The number of hydrogen-bond acceptors (Lipinski definition) is 6. The fraction of sp³-hybridized carbons (Fsp3) is 0.545. The molecule has 32 heavy (non-hydrogen) atoms. The van der Waals surface area contributed by atoms with Gasteiger partial charge in [-0.1, -0.05) is 0 Å². The van der Waals surface area contributed by atoms with Gasteiger partial charge in [-0.05, 0) is 24.3 Å². The summed E-state index contributed by atoms with van der Waals surface area (Å²) in [5, 5.41) is 0. The van der Waals surface area contributed by atoms with Gasteiger partial charge in [0.25, 0.3) is 11.8 Å². The van der Waals surface area contributed by atoms with Crippen molar-refractivity contribution in [3.05, 3.63) is 24.3 Å². The number of carbonyl (C=O) groups is 4. The van der Waals surface area contributed by atoms with Crippen LogP contribution in [0.25, 0.3) is 0 Å². The van der Waals surface area contributed by atoms with Crippen LogP contribution in [0.1, 0.15) is 12.8 Å². The number of thioether (sulfide) groups is 2. The van der Waals surface area contributed by atoms with Crippen LogP contribution in [-0.4, -0.2) is 84.9 Å². The van der Waals surface area contributed by atoms with Crippen LogP contribution >= 0.6 is 23.5 Å². The predicted molar refractivity (Wildman–Crippen MR) is 124 cm³/mol. The number of rotatable bonds is 4. The molecule has 2 N–H and O–H groups in total. The van der Waals surface area contributed by atoms with Gasteiger partial charge in [0.1, 0.15) is 0 Å². The highest BCUT2D eigenvalue weighted by atomic mass is 32.2. The largest absolute Gasteiger partial charge is 0.323 e. The zero-order valence-electron chi connectivity index (χ0n) is 17.9. The quantitative estimate of drug-likeness (QED) is 0.500. The summed E-state index contributed by atoms with van der Waals surface area (Å²) in [6, 6.07) is 6.08. The van der Waals surface area contributed by atoms with Crippen LogP contribution in [0.5, 0.6) is 0 Å². The van der Waals surface area contributed by atoms with Gasteiger partial charge in [-0.2, -0.15) is 23.5 Å². The number of amides is 4. The molecular formula is C22H28N4O4S2+2. The zero-order chi connectivity index (χ0) is 22.2. The maximum absolute atomic E-state index is 13.0. The van der Waals surface area contributed by atoms with Gasteiger partial charge in [0.05, 0.1) is 50.4 Å². The molecule has 1 aromatic carbocycles. The van der Waals surface area contributed by atoms with E-state index in [-0.39, 0.29) is 48.6 Å². The molecule has 2 atom stereocenters. The normalized spacial score (nSPS) is 28.2. The first-order valence-electron chi connectivity index (χ1n) is 11.2. The van der Waals surface area contributed by atoms with E-state index < -0.39 is 0 Å². The Bertz CT molecular complexity index is 853. The second kappa shape index (κ2) is 9.17. The fourth-order valence-corrected chi connectivity index (χ4v) is 7.19. The van der Waals surface area contributed by atoms with Gasteiger partial charge >= 0.3 is 0 Å². The summed E-state index contributed by atoms with van der Waals surface area (Å²) < 4.78 is 0. The maximum atomic E-state index is 13.0. The number of anilines is 2. The van der Waals surface area contributed by atoms with Crippen LogP contribution in [0.3, 0.4) is 0 Å². The average Bonchev–Trinajstić information content (AvgIpc) is 3.29. The van der Waals surface area contributed by atoms with Crippen molar-refractivity contribution in [2.45, 2.75) is 24.9 Å². The summed E-state index contributed by atoms with van der Waals surface area (Å²) in [7, 11) is 0. The van der Waals surface area contributed by atoms with Crippen molar-refractivity contribution in [2.75, 3.05) is 59.0 Å². The van der Waals surface area contributed by atoms with Crippen LogP contribution < -0.4 is 19.6 Å². The van der Waals surface area contributed by atoms with E-state index in [0.29, 0.717) is 11.4 Å². The molecule has 8 nitrogen and oxygen atoms in total. The van der Waals surface area contributed by atoms with Crippen molar-refractivity contribution in [1.82, 2.24) is 0 Å². The Morgan fingerprint density at radius 2 is 0.969 bits per heavy atom. The number of quaternary nitrogens is 2. The molecule has 4 fully saturated rings. The number of nitrogens with one attached hydrogen (secondary N) is 2. The van der Waals surface area contributed by atoms with E-state index in [1.165, 1.54) is 19.6 Å². The molecule has 4 aliphatic heterocycles. The molecule has 4 saturated heterocycles. The predicted octanol–water partition coefficient (Wildman–Crippen LogP) is -1.79. The average molecular weight is 477 g/mol. The van der Waals surface area contributed by atoms with E-state index in [2.05, 4.69) is 0 Å². The third-order valence-corrected chi connectivity index (χ3v) is 8.89. The number of hydrogen-bond donors (Lipinski definition) is 2. The fourth-order valence-electron chi connectivity index (χ4n) is 5.16. The Morgan fingerprint density at radius 1 is 0.625 bits per heavy atom. The Hall–Kier alpha value is -1.88. The van der Waals surface area contributed by atoms with Crippen molar-refractivity contribution >= 4 is 58.5 Å². The maximum Gasteiger partial charge on any atom is 0.292 e. The van der Waals surface area contributed by atoms with Gasteiger partial charge in [-0.15, -0.1) is 0 Å². The first-order chi connectivity index (χ1) is 15.5. The SMILES string of the molecule is O=C1C[C@@H]([NH+]2CCSCC2)C(=O)N1c1ccc(N2C(=O)C[C@H]([NH+]3CCSCC3)C2=O)cc1. The van der Waals surface area contributed by atoms with E-state index >= 15 is 0 Å². The summed E-state index contributed by atoms with van der Waals surface area (Å²) in [5.41, 5.74) is 1.01. The van der Waals surface area contributed by atoms with Gasteiger partial charge in [-0.3, -0.25) is 19.2 Å². The van der Waals surface area contributed by atoms with Crippen LogP contribution in [0.2, 0.25) is 0 Å². The molecule has 0 bridgehead atoms. The molecule has 5 rings (SSSR count). The van der Waals surface area contributed by atoms with Crippen molar-refractivity contribution in [3.8, 4) is 0 Å². The Kier molecular flexibility index (Phi) is 6.28. The van der Waals surface area contributed by atoms with Crippen molar-refractivity contribution in [1.29, 1.82) is 0 Å². The number of benzene rings is 1. The molecule has 0 saturated carbocycles. The van der Waals surface area contributed by atoms with E-state index in [4.69, 9.17) is 0 Å². The lowest BCUT2D eigenvalue weighted by atomic mass is 10.2. The molecular weight excluding hydrogens is 448 g/mol. The van der Waals surface area contributed by atoms with Gasteiger partial charge in [0, 0.05) is 23.0 Å². The monoisotopic (exact) mass is 476 g/mol. The molecule has 0 aromatic heterocycles. The van der Waals surface area contributed by atoms with Crippen molar-refractivity contribution in [3.63, 3.8) is 0 Å². The molecule has 4 heterocycles. The second-order valence-electron chi connectivity index (χ2n) is 8.71. The summed E-state index contributed by atoms with van der Waals surface area (Å²) in [6.07, 6.45) is 0.477. The first kappa shape index (κ1) is 21.9. The van der Waals surface area contributed by atoms with Crippen LogP contribution in [0, 0.1) is 0 Å². The summed E-state index contributed by atoms with van der Waals surface area (Å²) >= 11 is 3.77. The summed E-state index contributed by atoms with van der Waals surface area (Å²) in [6.45, 7) is 3.61. The van der Waals surface area contributed by atoms with Gasteiger partial charge in [0.15, 0.2) is 12.1 Å². The lowest BCUT2D eigenvalue weighted by Crippen LogP contribution is -3.18. The minimum Gasteiger partial charge on any atom is -0.323 e. The molecule has 0 unspecified atom stereocenters. The summed E-state index contributed by atoms with van der Waals surface area (Å²) in [4.78, 5) is 56.3. The smallest absolute Gasteiger partial charge is 0.292 e. The van der Waals surface area contributed by atoms with Crippen LogP contribution in [-0.2, 0) is 19.2 Å². The standard InChI is InChI=1S/C22H26N4O4S2/c27-19-13-17(23-5-9-31-10-6-23)21(29)25(19)15-1-2-16(4-3-15)26-20(28)14-18(22(26)30)24-7-11-32-12-8-24/h1-4,17-18H,5-14H2/p+2/t17-,18+. The minimum absolute atomic E-state index is 0.149. The minimum atomic E-state index is -0.309. The molecule has 4 amide bonds. The molecule has 170 valence electrons. The van der Waals surface area contributed by atoms with Gasteiger partial charge in [0.2, 0.25) is 11.8 Å². The highest BCUT2D eigenvalue weighted by Gasteiger charge is 2.47. The Balaban J connectivity index is 1.31. The van der Waals surface area contributed by atoms with Crippen LogP contribution in [0.15, 0.2) is 24.3 Å². The molecule has 0 radical (unpaired) electrons. The lowest BCUT2D eigenvalue weighted by Gasteiger charge is -2.27. The van der Waals surface area contributed by atoms with E-state index in [0.717, 1.165) is 49.2 Å². The first-order valence-corrected chi connectivity index (χ1v) is 13.5. The van der Waals surface area contributed by atoms with Gasteiger partial charge < -0.3 is 9.80 Å².